The fourth-order valence-corrected chi connectivity index (χ4v) is 6.84. The fraction of sp³-hybridized carbons (Fsp3) is 0.419. The Bertz CT molecular complexity index is 1450. The zero-order valence-corrected chi connectivity index (χ0v) is 22.4. The van der Waals surface area contributed by atoms with Gasteiger partial charge in [0.25, 0.3) is 0 Å². The highest BCUT2D eigenvalue weighted by Gasteiger charge is 2.57. The van der Waals surface area contributed by atoms with Crippen molar-refractivity contribution in [2.24, 2.45) is 11.8 Å². The number of benzene rings is 1. The normalized spacial score (nSPS) is 25.4. The molecule has 1 saturated heterocycles. The Balaban J connectivity index is 1.50. The maximum atomic E-state index is 15.2. The number of hydrogen-bond acceptors (Lipinski definition) is 7. The van der Waals surface area contributed by atoms with Crippen LogP contribution < -0.4 is 0 Å². The van der Waals surface area contributed by atoms with E-state index in [0.29, 0.717) is 41.9 Å². The lowest BCUT2D eigenvalue weighted by atomic mass is 9.54. The van der Waals surface area contributed by atoms with E-state index in [0.717, 1.165) is 42.5 Å². The van der Waals surface area contributed by atoms with Gasteiger partial charge in [0, 0.05) is 46.7 Å². The van der Waals surface area contributed by atoms with Crippen molar-refractivity contribution in [2.45, 2.75) is 50.7 Å². The van der Waals surface area contributed by atoms with E-state index in [9.17, 15) is 4.79 Å². The molecule has 0 radical (unpaired) electrons. The van der Waals surface area contributed by atoms with Crippen molar-refractivity contribution in [3.63, 3.8) is 0 Å². The zero-order valence-electron chi connectivity index (χ0n) is 22.4. The van der Waals surface area contributed by atoms with Crippen LogP contribution in [-0.4, -0.2) is 47.0 Å². The summed E-state index contributed by atoms with van der Waals surface area (Å²) in [6, 6.07) is 10.4. The molecule has 2 fully saturated rings. The first-order valence-corrected chi connectivity index (χ1v) is 13.5. The second-order valence-electron chi connectivity index (χ2n) is 10.9. The zero-order chi connectivity index (χ0) is 27.2. The van der Waals surface area contributed by atoms with E-state index < -0.39 is 11.8 Å². The van der Waals surface area contributed by atoms with Crippen LogP contribution >= 0.6 is 0 Å². The van der Waals surface area contributed by atoms with E-state index in [-0.39, 0.29) is 17.2 Å². The van der Waals surface area contributed by atoms with Crippen molar-refractivity contribution < 1.29 is 23.4 Å². The van der Waals surface area contributed by atoms with E-state index in [1.54, 1.807) is 24.4 Å². The summed E-state index contributed by atoms with van der Waals surface area (Å²) in [5.74, 6) is -0.311. The quantitative estimate of drug-likeness (QED) is 0.325. The fourth-order valence-electron chi connectivity index (χ4n) is 6.84. The van der Waals surface area contributed by atoms with Gasteiger partial charge in [0.05, 0.1) is 37.4 Å². The van der Waals surface area contributed by atoms with Gasteiger partial charge in [0.2, 0.25) is 0 Å². The number of rotatable bonds is 4. The monoisotopic (exact) mass is 529 g/mol. The number of methoxy groups -OCH3 is 1. The minimum Gasteiger partial charge on any atom is -0.466 e. The summed E-state index contributed by atoms with van der Waals surface area (Å²) >= 11 is 0. The summed E-state index contributed by atoms with van der Waals surface area (Å²) in [7, 11) is 1.33. The number of carbonyl (C=O) groups excluding carboxylic acids is 1. The van der Waals surface area contributed by atoms with Crippen molar-refractivity contribution >= 4 is 12.0 Å². The number of nitrogens with zero attached hydrogens (tertiary/aromatic N) is 3. The van der Waals surface area contributed by atoms with Crippen LogP contribution in [0.2, 0.25) is 0 Å². The third kappa shape index (κ3) is 4.36. The third-order valence-corrected chi connectivity index (χ3v) is 8.90. The summed E-state index contributed by atoms with van der Waals surface area (Å²) in [4.78, 5) is 26.1. The van der Waals surface area contributed by atoms with Gasteiger partial charge in [0.15, 0.2) is 11.6 Å². The number of fused-ring (bicyclic) bond motifs is 3. The molecule has 39 heavy (non-hydrogen) atoms. The van der Waals surface area contributed by atoms with Crippen LogP contribution in [0.15, 0.2) is 48.7 Å². The number of halogens is 1. The molecule has 3 atom stereocenters. The van der Waals surface area contributed by atoms with E-state index in [2.05, 4.69) is 18.8 Å². The molecule has 0 bridgehead atoms. The van der Waals surface area contributed by atoms with Crippen LogP contribution in [0.3, 0.4) is 0 Å². The van der Waals surface area contributed by atoms with Crippen molar-refractivity contribution in [3.05, 3.63) is 71.4 Å². The minimum atomic E-state index is -0.530. The highest BCUT2D eigenvalue weighted by atomic mass is 19.1. The minimum absolute atomic E-state index is 0.193. The van der Waals surface area contributed by atoms with Crippen LogP contribution in [0.1, 0.15) is 50.1 Å². The summed E-state index contributed by atoms with van der Waals surface area (Å²) < 4.78 is 32.3. The van der Waals surface area contributed by atoms with Crippen LogP contribution in [-0.2, 0) is 30.8 Å². The molecule has 2 aromatic heterocycles. The molecule has 1 aromatic carbocycles. The Morgan fingerprint density at radius 2 is 1.95 bits per heavy atom. The molecule has 6 rings (SSSR count). The first-order chi connectivity index (χ1) is 18.8. The highest BCUT2D eigenvalue weighted by molar-refractivity contribution is 5.86. The maximum absolute atomic E-state index is 15.2. The van der Waals surface area contributed by atoms with Gasteiger partial charge < -0.3 is 14.2 Å². The Hall–Kier alpha value is -3.49. The standard InChI is InChI=1S/C31H32FN3O4/c1-19-24-10-9-23-27(22-6-4-5-7-25(22)32)34-29(20-12-15-33-21(18-20)8-11-26(36)37-3)35-28(23)30(24,2)13-14-31(19)38-16-17-39-31/h4-8,11-12,15,18-19,24H,9-10,13-14,16-17H2,1-3H3/t19-,24-,30-/m1/s1. The molecule has 1 aliphatic heterocycles. The van der Waals surface area contributed by atoms with Crippen molar-refractivity contribution in [2.75, 3.05) is 20.3 Å². The van der Waals surface area contributed by atoms with Gasteiger partial charge in [-0.15, -0.1) is 0 Å². The number of ether oxygens (including phenoxy) is 3. The predicted molar refractivity (Wildman–Crippen MR) is 144 cm³/mol. The molecule has 3 aliphatic rings. The average Bonchev–Trinajstić information content (AvgIpc) is 3.44. The smallest absolute Gasteiger partial charge is 0.330 e. The van der Waals surface area contributed by atoms with Crippen molar-refractivity contribution in [1.82, 2.24) is 15.0 Å². The molecule has 3 aromatic rings. The maximum Gasteiger partial charge on any atom is 0.330 e. The number of hydrogen-bond donors (Lipinski definition) is 0. The van der Waals surface area contributed by atoms with Gasteiger partial charge in [-0.3, -0.25) is 4.98 Å². The van der Waals surface area contributed by atoms with E-state index >= 15 is 4.39 Å². The van der Waals surface area contributed by atoms with Gasteiger partial charge in [-0.1, -0.05) is 26.0 Å². The summed E-state index contributed by atoms with van der Waals surface area (Å²) in [6.45, 7) is 5.78. The van der Waals surface area contributed by atoms with Gasteiger partial charge in [-0.05, 0) is 55.5 Å². The molecule has 1 saturated carbocycles. The lowest BCUT2D eigenvalue weighted by molar-refractivity contribution is -0.234. The van der Waals surface area contributed by atoms with Crippen LogP contribution in [0.25, 0.3) is 28.7 Å². The second kappa shape index (κ2) is 9.92. The Morgan fingerprint density at radius 1 is 1.15 bits per heavy atom. The van der Waals surface area contributed by atoms with Gasteiger partial charge in [-0.2, -0.15) is 0 Å². The van der Waals surface area contributed by atoms with Crippen molar-refractivity contribution in [3.8, 4) is 22.6 Å². The Kier molecular flexibility index (Phi) is 6.55. The van der Waals surface area contributed by atoms with Crippen molar-refractivity contribution in [1.29, 1.82) is 0 Å². The molecule has 0 amide bonds. The van der Waals surface area contributed by atoms with Crippen LogP contribution in [0.4, 0.5) is 4.39 Å². The second-order valence-corrected chi connectivity index (χ2v) is 10.9. The number of aromatic nitrogens is 3. The highest BCUT2D eigenvalue weighted by Crippen LogP contribution is 2.57. The Morgan fingerprint density at radius 3 is 2.72 bits per heavy atom. The molecule has 8 heteroatoms. The topological polar surface area (TPSA) is 83.4 Å². The third-order valence-electron chi connectivity index (χ3n) is 8.90. The van der Waals surface area contributed by atoms with E-state index in [4.69, 9.17) is 24.2 Å². The van der Waals surface area contributed by atoms with Gasteiger partial charge in [-0.25, -0.2) is 19.2 Å². The molecular weight excluding hydrogens is 497 g/mol. The van der Waals surface area contributed by atoms with Gasteiger partial charge >= 0.3 is 5.97 Å². The Labute approximate surface area is 227 Å². The molecule has 2 aliphatic carbocycles. The number of pyridine rings is 1. The van der Waals surface area contributed by atoms with Crippen LogP contribution in [0.5, 0.6) is 0 Å². The van der Waals surface area contributed by atoms with Crippen LogP contribution in [0, 0.1) is 17.7 Å². The van der Waals surface area contributed by atoms with E-state index in [1.165, 1.54) is 19.3 Å². The molecule has 0 unspecified atom stereocenters. The van der Waals surface area contributed by atoms with E-state index in [1.807, 2.05) is 18.2 Å². The summed E-state index contributed by atoms with van der Waals surface area (Å²) in [5.41, 5.74) is 4.16. The summed E-state index contributed by atoms with van der Waals surface area (Å²) in [5, 5.41) is 0. The lowest BCUT2D eigenvalue weighted by Crippen LogP contribution is -2.55. The average molecular weight is 530 g/mol. The molecular formula is C31H32FN3O4. The SMILES string of the molecule is COC(=O)C=Cc1cc(-c2nc(-c3ccccc3F)c3c(n2)[C@]2(C)CCC4(OCCO4)[C@H](C)[C@H]2CC3)ccn1. The molecule has 7 nitrogen and oxygen atoms in total. The first-order valence-electron chi connectivity index (χ1n) is 13.5. The van der Waals surface area contributed by atoms with Gasteiger partial charge in [0.1, 0.15) is 5.82 Å². The first kappa shape index (κ1) is 25.8. The lowest BCUT2D eigenvalue weighted by Gasteiger charge is -2.54. The largest absolute Gasteiger partial charge is 0.466 e. The number of esters is 1. The summed E-state index contributed by atoms with van der Waals surface area (Å²) in [6.07, 6.45) is 7.89. The molecule has 0 N–H and O–H groups in total. The molecule has 202 valence electrons. The molecule has 1 spiro atoms. The number of carbonyl (C=O) groups is 1. The predicted octanol–water partition coefficient (Wildman–Crippen LogP) is 5.52. The molecule has 3 heterocycles.